The summed E-state index contributed by atoms with van der Waals surface area (Å²) in [5, 5.41) is 10.9. The SMILES string of the molecule is C[S+]([O-])c1nnc(-c2ccccc2NC(=O)c2cccc(C(F)(F)F)c2)s1. The summed E-state index contributed by atoms with van der Waals surface area (Å²) in [4.78, 5) is 12.4. The van der Waals surface area contributed by atoms with Crippen molar-refractivity contribution < 1.29 is 22.5 Å². The Kier molecular flexibility index (Phi) is 5.49. The second-order valence-corrected chi connectivity index (χ2v) is 7.94. The number of rotatable bonds is 4. The van der Waals surface area contributed by atoms with E-state index in [9.17, 15) is 22.5 Å². The Hall–Kier alpha value is -2.43. The van der Waals surface area contributed by atoms with E-state index in [2.05, 4.69) is 15.5 Å². The molecule has 0 bridgehead atoms. The van der Waals surface area contributed by atoms with Gasteiger partial charge in [-0.1, -0.05) is 23.3 Å². The molecule has 0 fully saturated rings. The minimum Gasteiger partial charge on any atom is -0.610 e. The van der Waals surface area contributed by atoms with Gasteiger partial charge in [-0.25, -0.2) is 0 Å². The highest BCUT2D eigenvalue weighted by Gasteiger charge is 2.31. The Morgan fingerprint density at radius 1 is 1.15 bits per heavy atom. The monoisotopic (exact) mass is 411 g/mol. The second kappa shape index (κ2) is 7.67. The number of hydrogen-bond donors (Lipinski definition) is 1. The molecule has 0 radical (unpaired) electrons. The Labute approximate surface area is 159 Å². The summed E-state index contributed by atoms with van der Waals surface area (Å²) in [6.45, 7) is 0. The van der Waals surface area contributed by atoms with Gasteiger partial charge in [-0.3, -0.25) is 4.79 Å². The first-order chi connectivity index (χ1) is 12.8. The molecule has 2 aromatic carbocycles. The minimum atomic E-state index is -4.53. The molecule has 0 aliphatic rings. The molecular formula is C17H12F3N3O2S2. The third-order valence-electron chi connectivity index (χ3n) is 3.51. The zero-order valence-corrected chi connectivity index (χ0v) is 15.4. The topological polar surface area (TPSA) is 77.9 Å². The van der Waals surface area contributed by atoms with Gasteiger partial charge in [0.1, 0.15) is 6.26 Å². The molecule has 0 saturated carbocycles. The van der Waals surface area contributed by atoms with Crippen LogP contribution in [0.3, 0.4) is 0 Å². The van der Waals surface area contributed by atoms with Gasteiger partial charge >= 0.3 is 10.5 Å². The van der Waals surface area contributed by atoms with E-state index in [0.29, 0.717) is 20.6 Å². The van der Waals surface area contributed by atoms with E-state index < -0.39 is 28.8 Å². The van der Waals surface area contributed by atoms with Crippen molar-refractivity contribution in [3.63, 3.8) is 0 Å². The number of aromatic nitrogens is 2. The van der Waals surface area contributed by atoms with Crippen LogP contribution in [0, 0.1) is 0 Å². The van der Waals surface area contributed by atoms with Gasteiger partial charge in [0.25, 0.3) is 5.91 Å². The van der Waals surface area contributed by atoms with Gasteiger partial charge in [0.15, 0.2) is 5.01 Å². The van der Waals surface area contributed by atoms with E-state index in [1.54, 1.807) is 24.3 Å². The van der Waals surface area contributed by atoms with Crippen LogP contribution in [0.4, 0.5) is 18.9 Å². The predicted octanol–water partition coefficient (Wildman–Crippen LogP) is 4.21. The molecule has 0 saturated heterocycles. The average Bonchev–Trinajstić information content (AvgIpc) is 3.12. The van der Waals surface area contributed by atoms with E-state index in [-0.39, 0.29) is 5.56 Å². The fourth-order valence-electron chi connectivity index (χ4n) is 2.24. The van der Waals surface area contributed by atoms with Crippen LogP contribution in [0.1, 0.15) is 15.9 Å². The molecule has 1 heterocycles. The van der Waals surface area contributed by atoms with Gasteiger partial charge in [-0.05, 0) is 41.7 Å². The Morgan fingerprint density at radius 3 is 2.56 bits per heavy atom. The number of nitrogens with zero attached hydrogens (tertiary/aromatic N) is 2. The lowest BCUT2D eigenvalue weighted by molar-refractivity contribution is -0.137. The molecule has 3 aromatic rings. The van der Waals surface area contributed by atoms with Gasteiger partial charge in [0, 0.05) is 22.3 Å². The lowest BCUT2D eigenvalue weighted by Gasteiger charge is -2.11. The van der Waals surface area contributed by atoms with Crippen LogP contribution >= 0.6 is 11.3 Å². The van der Waals surface area contributed by atoms with Crippen LogP contribution in [-0.2, 0) is 17.4 Å². The van der Waals surface area contributed by atoms with Gasteiger partial charge in [-0.15, -0.1) is 5.10 Å². The van der Waals surface area contributed by atoms with Crippen LogP contribution in [0.2, 0.25) is 0 Å². The Bertz CT molecular complexity index is 974. The zero-order valence-electron chi connectivity index (χ0n) is 13.8. The van der Waals surface area contributed by atoms with Gasteiger partial charge in [-0.2, -0.15) is 13.2 Å². The van der Waals surface area contributed by atoms with E-state index in [4.69, 9.17) is 0 Å². The van der Waals surface area contributed by atoms with Crippen molar-refractivity contribution in [3.05, 3.63) is 59.7 Å². The van der Waals surface area contributed by atoms with Crippen LogP contribution in [0.25, 0.3) is 10.6 Å². The Balaban J connectivity index is 1.89. The van der Waals surface area contributed by atoms with Gasteiger partial charge < -0.3 is 9.87 Å². The number of amides is 1. The summed E-state index contributed by atoms with van der Waals surface area (Å²) in [5.41, 5.74) is -0.119. The first-order valence-corrected chi connectivity index (χ1v) is 9.88. The van der Waals surface area contributed by atoms with Crippen molar-refractivity contribution in [2.24, 2.45) is 0 Å². The molecule has 1 atom stereocenters. The number of hydrogen-bond acceptors (Lipinski definition) is 5. The largest absolute Gasteiger partial charge is 0.610 e. The van der Waals surface area contributed by atoms with Crippen molar-refractivity contribution in [1.29, 1.82) is 0 Å². The van der Waals surface area contributed by atoms with Crippen molar-refractivity contribution >= 4 is 34.1 Å². The summed E-state index contributed by atoms with van der Waals surface area (Å²) in [7, 11) is 0. The molecule has 27 heavy (non-hydrogen) atoms. The minimum absolute atomic E-state index is 0.118. The van der Waals surface area contributed by atoms with Crippen molar-refractivity contribution in [3.8, 4) is 10.6 Å². The standard InChI is InChI=1S/C17H12F3N3O2S2/c1-27(25)16-23-22-15(26-16)12-7-2-3-8-13(12)21-14(24)10-5-4-6-11(9-10)17(18,19)20/h2-9H,1H3,(H,21,24). The highest BCUT2D eigenvalue weighted by Crippen LogP contribution is 2.33. The van der Waals surface area contributed by atoms with Crippen molar-refractivity contribution in [2.45, 2.75) is 10.5 Å². The zero-order chi connectivity index (χ0) is 19.6. The van der Waals surface area contributed by atoms with Gasteiger partial charge in [0.2, 0.25) is 0 Å². The molecule has 0 aliphatic heterocycles. The molecule has 3 rings (SSSR count). The van der Waals surface area contributed by atoms with E-state index in [1.807, 2.05) is 0 Å². The number of carbonyl (C=O) groups excluding carboxylic acids is 1. The van der Waals surface area contributed by atoms with Crippen LogP contribution in [0.15, 0.2) is 52.9 Å². The van der Waals surface area contributed by atoms with Crippen molar-refractivity contribution in [1.82, 2.24) is 10.2 Å². The first-order valence-electron chi connectivity index (χ1n) is 7.50. The molecule has 1 unspecified atom stereocenters. The van der Waals surface area contributed by atoms with Crippen LogP contribution in [0.5, 0.6) is 0 Å². The molecule has 0 spiro atoms. The third-order valence-corrected chi connectivity index (χ3v) is 5.79. The fourth-order valence-corrected chi connectivity index (χ4v) is 3.72. The average molecular weight is 411 g/mol. The molecule has 5 nitrogen and oxygen atoms in total. The summed E-state index contributed by atoms with van der Waals surface area (Å²) in [6, 6.07) is 10.9. The van der Waals surface area contributed by atoms with E-state index >= 15 is 0 Å². The Morgan fingerprint density at radius 2 is 1.89 bits per heavy atom. The smallest absolute Gasteiger partial charge is 0.416 e. The number of anilines is 1. The van der Waals surface area contributed by atoms with Gasteiger partial charge in [0.05, 0.1) is 11.3 Å². The lowest BCUT2D eigenvalue weighted by Crippen LogP contribution is -2.14. The summed E-state index contributed by atoms with van der Waals surface area (Å²) in [5.74, 6) is -0.683. The highest BCUT2D eigenvalue weighted by atomic mass is 32.2. The summed E-state index contributed by atoms with van der Waals surface area (Å²) >= 11 is -0.175. The maximum atomic E-state index is 12.8. The van der Waals surface area contributed by atoms with E-state index in [1.165, 1.54) is 18.4 Å². The number of nitrogens with one attached hydrogen (secondary N) is 1. The number of carbonyl (C=O) groups is 1. The number of halogens is 3. The summed E-state index contributed by atoms with van der Waals surface area (Å²) in [6.07, 6.45) is -3.06. The lowest BCUT2D eigenvalue weighted by atomic mass is 10.1. The molecule has 140 valence electrons. The highest BCUT2D eigenvalue weighted by molar-refractivity contribution is 7.92. The predicted molar refractivity (Wildman–Crippen MR) is 97.1 cm³/mol. The number of alkyl halides is 3. The molecular weight excluding hydrogens is 399 g/mol. The maximum Gasteiger partial charge on any atom is 0.416 e. The quantitative estimate of drug-likeness (QED) is 0.653. The first kappa shape index (κ1) is 19.3. The van der Waals surface area contributed by atoms with E-state index in [0.717, 1.165) is 23.5 Å². The normalized spacial score (nSPS) is 12.6. The fraction of sp³-hybridized carbons (Fsp3) is 0.118. The second-order valence-electron chi connectivity index (χ2n) is 5.41. The molecule has 0 aliphatic carbocycles. The summed E-state index contributed by atoms with van der Waals surface area (Å²) < 4.78 is 50.4. The molecule has 1 aromatic heterocycles. The number of benzene rings is 2. The molecule has 10 heteroatoms. The molecule has 1 N–H and O–H groups in total. The third kappa shape index (κ3) is 4.46. The van der Waals surface area contributed by atoms with Crippen LogP contribution < -0.4 is 5.32 Å². The van der Waals surface area contributed by atoms with Crippen molar-refractivity contribution in [2.75, 3.05) is 11.6 Å². The molecule has 1 amide bonds. The van der Waals surface area contributed by atoms with Crippen LogP contribution in [-0.4, -0.2) is 26.9 Å². The maximum absolute atomic E-state index is 12.8. The number of para-hydroxylation sites is 1.